The number of nitro groups is 1. The third-order valence-corrected chi connectivity index (χ3v) is 7.43. The Bertz CT molecular complexity index is 1620. The lowest BCUT2D eigenvalue weighted by Crippen LogP contribution is -2.47. The zero-order valence-electron chi connectivity index (χ0n) is 20.5. The van der Waals surface area contributed by atoms with Crippen LogP contribution in [0, 0.1) is 15.9 Å². The average molecular weight is 545 g/mol. The molecule has 0 N–H and O–H groups in total. The van der Waals surface area contributed by atoms with Gasteiger partial charge in [-0.05, 0) is 60.9 Å². The minimum atomic E-state index is -0.582. The Morgan fingerprint density at radius 3 is 2.38 bits per heavy atom. The van der Waals surface area contributed by atoms with E-state index in [0.717, 1.165) is 35.9 Å². The van der Waals surface area contributed by atoms with Crippen molar-refractivity contribution >= 4 is 34.8 Å². The van der Waals surface area contributed by atoms with Gasteiger partial charge in [0.25, 0.3) is 11.6 Å². The standard InChI is InChI=1S/C29H22ClFN4O4/c30-23-16-21(35(38)39)13-14-22(23)29(37)33(20-11-12-20)17-27(36)34-25-5-2-1-4-24(25)32-15-3-6-26(32)28(34)18-7-9-19(31)10-8-18/h1-10,13-16,20,28H,11-12,17H2. The van der Waals surface area contributed by atoms with E-state index in [1.54, 1.807) is 17.0 Å². The Morgan fingerprint density at radius 1 is 1.00 bits per heavy atom. The lowest BCUT2D eigenvalue weighted by atomic mass is 9.97. The third kappa shape index (κ3) is 4.44. The molecule has 1 fully saturated rings. The van der Waals surface area contributed by atoms with Gasteiger partial charge in [-0.25, -0.2) is 4.39 Å². The molecule has 1 unspecified atom stereocenters. The first kappa shape index (κ1) is 24.8. The molecule has 1 atom stereocenters. The van der Waals surface area contributed by atoms with Crippen LogP contribution in [0.2, 0.25) is 5.02 Å². The molecule has 0 saturated heterocycles. The Kier molecular flexibility index (Phi) is 6.15. The Balaban J connectivity index is 1.39. The van der Waals surface area contributed by atoms with E-state index in [9.17, 15) is 24.1 Å². The monoisotopic (exact) mass is 544 g/mol. The molecule has 0 radical (unpaired) electrons. The zero-order valence-corrected chi connectivity index (χ0v) is 21.3. The van der Waals surface area contributed by atoms with E-state index in [4.69, 9.17) is 11.6 Å². The molecule has 1 aliphatic heterocycles. The molecular formula is C29H22ClFN4O4. The molecule has 2 aliphatic rings. The van der Waals surface area contributed by atoms with Crippen molar-refractivity contribution < 1.29 is 18.9 Å². The van der Waals surface area contributed by atoms with E-state index in [1.165, 1.54) is 29.2 Å². The summed E-state index contributed by atoms with van der Waals surface area (Å²) in [6.07, 6.45) is 3.40. The smallest absolute Gasteiger partial charge is 0.270 e. The van der Waals surface area contributed by atoms with Crippen molar-refractivity contribution in [2.24, 2.45) is 0 Å². The van der Waals surface area contributed by atoms with Crippen molar-refractivity contribution in [2.75, 3.05) is 11.4 Å². The summed E-state index contributed by atoms with van der Waals surface area (Å²) in [5.74, 6) is -1.16. The molecule has 4 aromatic rings. The summed E-state index contributed by atoms with van der Waals surface area (Å²) in [5, 5.41) is 11.1. The molecule has 10 heteroatoms. The number of anilines is 1. The van der Waals surface area contributed by atoms with Gasteiger partial charge in [0.2, 0.25) is 5.91 Å². The van der Waals surface area contributed by atoms with E-state index >= 15 is 0 Å². The number of nitrogens with zero attached hydrogens (tertiary/aromatic N) is 4. The minimum absolute atomic E-state index is 0.0439. The second-order valence-corrected chi connectivity index (χ2v) is 10.0. The maximum Gasteiger partial charge on any atom is 0.270 e. The first-order valence-electron chi connectivity index (χ1n) is 12.4. The van der Waals surface area contributed by atoms with Gasteiger partial charge >= 0.3 is 0 Å². The molecule has 1 aliphatic carbocycles. The molecule has 0 spiro atoms. The number of amides is 2. The van der Waals surface area contributed by atoms with Crippen molar-refractivity contribution in [1.82, 2.24) is 9.47 Å². The molecule has 2 heterocycles. The summed E-state index contributed by atoms with van der Waals surface area (Å²) in [4.78, 5) is 41.5. The number of carbonyl (C=O) groups is 2. The van der Waals surface area contributed by atoms with Crippen LogP contribution in [0.15, 0.2) is 85.1 Å². The van der Waals surface area contributed by atoms with Gasteiger partial charge < -0.3 is 9.47 Å². The number of hydrogen-bond acceptors (Lipinski definition) is 4. The molecule has 39 heavy (non-hydrogen) atoms. The van der Waals surface area contributed by atoms with Crippen LogP contribution in [0.4, 0.5) is 15.8 Å². The topological polar surface area (TPSA) is 88.7 Å². The number of halogens is 2. The summed E-state index contributed by atoms with van der Waals surface area (Å²) in [6.45, 7) is -0.219. The maximum atomic E-state index is 14.2. The lowest BCUT2D eigenvalue weighted by Gasteiger charge is -2.39. The normalized spacial score (nSPS) is 15.8. The molecule has 1 saturated carbocycles. The van der Waals surface area contributed by atoms with Gasteiger partial charge in [0, 0.05) is 24.4 Å². The molecule has 1 aromatic heterocycles. The molecule has 0 bridgehead atoms. The van der Waals surface area contributed by atoms with Gasteiger partial charge in [-0.15, -0.1) is 0 Å². The van der Waals surface area contributed by atoms with Crippen LogP contribution in [0.25, 0.3) is 5.69 Å². The number of nitro benzene ring substituents is 1. The first-order chi connectivity index (χ1) is 18.8. The van der Waals surface area contributed by atoms with Crippen molar-refractivity contribution in [3.63, 3.8) is 0 Å². The number of rotatable bonds is 6. The fourth-order valence-electron chi connectivity index (χ4n) is 5.14. The predicted octanol–water partition coefficient (Wildman–Crippen LogP) is 5.92. The summed E-state index contributed by atoms with van der Waals surface area (Å²) >= 11 is 6.27. The fraction of sp³-hybridized carbons (Fsp3) is 0.172. The highest BCUT2D eigenvalue weighted by molar-refractivity contribution is 6.34. The van der Waals surface area contributed by atoms with Crippen LogP contribution in [0.1, 0.15) is 40.5 Å². The third-order valence-electron chi connectivity index (χ3n) is 7.12. The molecule has 196 valence electrons. The molecule has 3 aromatic carbocycles. The van der Waals surface area contributed by atoms with E-state index < -0.39 is 16.9 Å². The molecule has 2 amide bonds. The van der Waals surface area contributed by atoms with Crippen molar-refractivity contribution in [3.8, 4) is 5.69 Å². The SMILES string of the molecule is O=C(c1ccc([N+](=O)[O-])cc1Cl)N(CC(=O)N1c2ccccc2-n2cccc2C1c1ccc(F)cc1)C1CC1. The van der Waals surface area contributed by atoms with E-state index in [0.29, 0.717) is 5.69 Å². The number of para-hydroxylation sites is 2. The number of hydrogen-bond donors (Lipinski definition) is 0. The van der Waals surface area contributed by atoms with Gasteiger partial charge in [-0.2, -0.15) is 0 Å². The zero-order chi connectivity index (χ0) is 27.3. The summed E-state index contributed by atoms with van der Waals surface area (Å²) in [7, 11) is 0. The molecule has 6 rings (SSSR count). The predicted molar refractivity (Wildman–Crippen MR) is 144 cm³/mol. The van der Waals surface area contributed by atoms with Crippen LogP contribution in [-0.2, 0) is 4.79 Å². The number of carbonyl (C=O) groups excluding carboxylic acids is 2. The fourth-order valence-corrected chi connectivity index (χ4v) is 5.40. The van der Waals surface area contributed by atoms with E-state index in [2.05, 4.69) is 0 Å². The van der Waals surface area contributed by atoms with Crippen molar-refractivity contribution in [3.05, 3.63) is 123 Å². The number of benzene rings is 3. The van der Waals surface area contributed by atoms with Crippen LogP contribution >= 0.6 is 11.6 Å². The highest BCUT2D eigenvalue weighted by atomic mass is 35.5. The maximum absolute atomic E-state index is 14.2. The number of fused-ring (bicyclic) bond motifs is 3. The highest BCUT2D eigenvalue weighted by Gasteiger charge is 2.40. The number of aromatic nitrogens is 1. The quantitative estimate of drug-likeness (QED) is 0.223. The second-order valence-electron chi connectivity index (χ2n) is 9.60. The van der Waals surface area contributed by atoms with Crippen LogP contribution < -0.4 is 4.90 Å². The second kappa shape index (κ2) is 9.67. The van der Waals surface area contributed by atoms with Gasteiger partial charge in [0.1, 0.15) is 18.4 Å². The summed E-state index contributed by atoms with van der Waals surface area (Å²) < 4.78 is 15.8. The Morgan fingerprint density at radius 2 is 1.72 bits per heavy atom. The van der Waals surface area contributed by atoms with Gasteiger partial charge in [-0.3, -0.25) is 24.6 Å². The van der Waals surface area contributed by atoms with Gasteiger partial charge in [0.15, 0.2) is 0 Å². The summed E-state index contributed by atoms with van der Waals surface area (Å²) in [6, 6.07) is 20.4. The Labute approximate surface area is 228 Å². The largest absolute Gasteiger partial charge is 0.326 e. The van der Waals surface area contributed by atoms with E-state index in [-0.39, 0.29) is 40.6 Å². The summed E-state index contributed by atoms with van der Waals surface area (Å²) in [5.41, 5.74) is 2.91. The lowest BCUT2D eigenvalue weighted by molar-refractivity contribution is -0.384. The van der Waals surface area contributed by atoms with Gasteiger partial charge in [0.05, 0.1) is 32.6 Å². The first-order valence-corrected chi connectivity index (χ1v) is 12.8. The minimum Gasteiger partial charge on any atom is -0.326 e. The number of non-ortho nitro benzene ring substituents is 1. The molecular weight excluding hydrogens is 523 g/mol. The van der Waals surface area contributed by atoms with Gasteiger partial charge in [-0.1, -0.05) is 35.9 Å². The highest BCUT2D eigenvalue weighted by Crippen LogP contribution is 2.42. The van der Waals surface area contributed by atoms with Crippen molar-refractivity contribution in [1.29, 1.82) is 0 Å². The van der Waals surface area contributed by atoms with Crippen LogP contribution in [0.3, 0.4) is 0 Å². The van der Waals surface area contributed by atoms with Crippen LogP contribution in [0.5, 0.6) is 0 Å². The van der Waals surface area contributed by atoms with Crippen LogP contribution in [-0.4, -0.2) is 38.8 Å². The van der Waals surface area contributed by atoms with Crippen molar-refractivity contribution in [2.45, 2.75) is 24.9 Å². The Hall–Kier alpha value is -4.50. The van der Waals surface area contributed by atoms with E-state index in [1.807, 2.05) is 47.2 Å². The molecule has 8 nitrogen and oxygen atoms in total. The average Bonchev–Trinajstić information content (AvgIpc) is 3.66.